The molecule has 1 aliphatic heterocycles. The Labute approximate surface area is 134 Å². The van der Waals surface area contributed by atoms with Crippen molar-refractivity contribution in [1.82, 2.24) is 9.80 Å². The van der Waals surface area contributed by atoms with Gasteiger partial charge in [-0.15, -0.1) is 11.3 Å². The summed E-state index contributed by atoms with van der Waals surface area (Å²) < 4.78 is 0. The zero-order chi connectivity index (χ0) is 15.8. The molecule has 120 valence electrons. The molecule has 0 saturated carbocycles. The quantitative estimate of drug-likeness (QED) is 0.931. The first kappa shape index (κ1) is 16.9. The van der Waals surface area contributed by atoms with E-state index in [0.717, 1.165) is 19.6 Å². The molecule has 0 radical (unpaired) electrons. The Kier molecular flexibility index (Phi) is 4.84. The number of hydrogen-bond acceptors (Lipinski definition) is 4. The van der Waals surface area contributed by atoms with Gasteiger partial charge in [-0.1, -0.05) is 20.8 Å². The van der Waals surface area contributed by atoms with Crippen molar-refractivity contribution in [2.75, 3.05) is 33.2 Å². The SMILES string of the molecule is CN1CCN(C(CN)c2ccc(C(C)(C)C)s2)CC1(C)C. The summed E-state index contributed by atoms with van der Waals surface area (Å²) in [6, 6.07) is 4.93. The lowest BCUT2D eigenvalue weighted by Gasteiger charge is -2.47. The summed E-state index contributed by atoms with van der Waals surface area (Å²) in [7, 11) is 2.22. The molecule has 0 aliphatic carbocycles. The predicted octanol–water partition coefficient (Wildman–Crippen LogP) is 3.07. The van der Waals surface area contributed by atoms with E-state index in [2.05, 4.69) is 63.6 Å². The van der Waals surface area contributed by atoms with Crippen LogP contribution in [0.2, 0.25) is 0 Å². The van der Waals surface area contributed by atoms with E-state index in [0.29, 0.717) is 12.6 Å². The molecular formula is C17H31N3S. The minimum Gasteiger partial charge on any atom is -0.329 e. The van der Waals surface area contributed by atoms with Gasteiger partial charge in [0.15, 0.2) is 0 Å². The third kappa shape index (κ3) is 3.67. The maximum atomic E-state index is 6.13. The molecular weight excluding hydrogens is 278 g/mol. The van der Waals surface area contributed by atoms with Gasteiger partial charge in [0.2, 0.25) is 0 Å². The zero-order valence-corrected chi connectivity index (χ0v) is 15.3. The number of thiophene rings is 1. The lowest BCUT2D eigenvalue weighted by molar-refractivity contribution is 0.0188. The second kappa shape index (κ2) is 5.99. The van der Waals surface area contributed by atoms with Crippen LogP contribution in [-0.2, 0) is 5.41 Å². The Morgan fingerprint density at radius 3 is 2.43 bits per heavy atom. The summed E-state index contributed by atoms with van der Waals surface area (Å²) in [5, 5.41) is 0. The Balaban J connectivity index is 2.18. The zero-order valence-electron chi connectivity index (χ0n) is 14.4. The van der Waals surface area contributed by atoms with Gasteiger partial charge < -0.3 is 5.73 Å². The molecule has 1 atom stereocenters. The van der Waals surface area contributed by atoms with Gasteiger partial charge in [0.05, 0.1) is 6.04 Å². The van der Waals surface area contributed by atoms with E-state index in [1.807, 2.05) is 11.3 Å². The first-order valence-corrected chi connectivity index (χ1v) is 8.72. The number of piperazine rings is 1. The fraction of sp³-hybridized carbons (Fsp3) is 0.765. The normalized spacial score (nSPS) is 22.4. The van der Waals surface area contributed by atoms with E-state index >= 15 is 0 Å². The molecule has 2 N–H and O–H groups in total. The molecule has 1 unspecified atom stereocenters. The standard InChI is InChI=1S/C17H31N3S/c1-16(2,3)15-8-7-14(21-15)13(11-18)20-10-9-19(6)17(4,5)12-20/h7-8,13H,9-12,18H2,1-6H3. The molecule has 1 aliphatic rings. The van der Waals surface area contributed by atoms with Gasteiger partial charge in [-0.25, -0.2) is 0 Å². The molecule has 2 rings (SSSR count). The van der Waals surface area contributed by atoms with Crippen LogP contribution < -0.4 is 5.73 Å². The Morgan fingerprint density at radius 2 is 1.95 bits per heavy atom. The average molecular weight is 310 g/mol. The second-order valence-electron chi connectivity index (χ2n) is 7.91. The molecule has 0 bridgehead atoms. The number of nitrogens with zero attached hydrogens (tertiary/aromatic N) is 2. The molecule has 21 heavy (non-hydrogen) atoms. The summed E-state index contributed by atoms with van der Waals surface area (Å²) in [6.45, 7) is 15.5. The smallest absolute Gasteiger partial charge is 0.0565 e. The molecule has 4 heteroatoms. The highest BCUT2D eigenvalue weighted by molar-refractivity contribution is 7.12. The topological polar surface area (TPSA) is 32.5 Å². The van der Waals surface area contributed by atoms with Crippen LogP contribution in [0.1, 0.15) is 50.4 Å². The van der Waals surface area contributed by atoms with Crippen molar-refractivity contribution in [3.8, 4) is 0 Å². The number of hydrogen-bond donors (Lipinski definition) is 1. The van der Waals surface area contributed by atoms with Crippen LogP contribution in [0, 0.1) is 0 Å². The van der Waals surface area contributed by atoms with Crippen LogP contribution in [0.25, 0.3) is 0 Å². The highest BCUT2D eigenvalue weighted by atomic mass is 32.1. The largest absolute Gasteiger partial charge is 0.329 e. The van der Waals surface area contributed by atoms with E-state index in [9.17, 15) is 0 Å². The van der Waals surface area contributed by atoms with Crippen molar-refractivity contribution in [1.29, 1.82) is 0 Å². The minimum atomic E-state index is 0.218. The molecule has 1 saturated heterocycles. The average Bonchev–Trinajstić information content (AvgIpc) is 2.83. The molecule has 0 spiro atoms. The van der Waals surface area contributed by atoms with Crippen LogP contribution in [0.5, 0.6) is 0 Å². The van der Waals surface area contributed by atoms with Gasteiger partial charge in [-0.05, 0) is 38.4 Å². The van der Waals surface area contributed by atoms with Gasteiger partial charge in [0.25, 0.3) is 0 Å². The van der Waals surface area contributed by atoms with Crippen molar-refractivity contribution in [2.45, 2.75) is 51.6 Å². The molecule has 1 aromatic heterocycles. The molecule has 1 aromatic rings. The Bertz CT molecular complexity index is 473. The molecule has 3 nitrogen and oxygen atoms in total. The number of likely N-dealkylation sites (N-methyl/N-ethyl adjacent to an activating group) is 1. The van der Waals surface area contributed by atoms with Crippen molar-refractivity contribution in [2.24, 2.45) is 5.73 Å². The Hall–Kier alpha value is -0.420. The van der Waals surface area contributed by atoms with Gasteiger partial charge in [-0.2, -0.15) is 0 Å². The third-order valence-electron chi connectivity index (χ3n) is 4.70. The predicted molar refractivity (Wildman–Crippen MR) is 93.1 cm³/mol. The Morgan fingerprint density at radius 1 is 1.29 bits per heavy atom. The van der Waals surface area contributed by atoms with E-state index in [-0.39, 0.29) is 11.0 Å². The first-order chi connectivity index (χ1) is 9.65. The second-order valence-corrected chi connectivity index (χ2v) is 9.02. The minimum absolute atomic E-state index is 0.218. The fourth-order valence-electron chi connectivity index (χ4n) is 2.92. The maximum absolute atomic E-state index is 6.13. The number of nitrogens with two attached hydrogens (primary N) is 1. The summed E-state index contributed by atoms with van der Waals surface area (Å²) in [6.07, 6.45) is 0. The summed E-state index contributed by atoms with van der Waals surface area (Å²) in [5.41, 5.74) is 6.57. The number of rotatable bonds is 3. The molecule has 0 amide bonds. The lowest BCUT2D eigenvalue weighted by atomic mass is 9.95. The van der Waals surface area contributed by atoms with Crippen LogP contribution >= 0.6 is 11.3 Å². The molecule has 1 fully saturated rings. The molecule has 2 heterocycles. The van der Waals surface area contributed by atoms with Gasteiger partial charge in [0.1, 0.15) is 0 Å². The van der Waals surface area contributed by atoms with E-state index in [1.165, 1.54) is 9.75 Å². The summed E-state index contributed by atoms with van der Waals surface area (Å²) >= 11 is 1.93. The van der Waals surface area contributed by atoms with Crippen LogP contribution in [0.3, 0.4) is 0 Å². The van der Waals surface area contributed by atoms with Crippen molar-refractivity contribution < 1.29 is 0 Å². The summed E-state index contributed by atoms with van der Waals surface area (Å²) in [4.78, 5) is 7.89. The first-order valence-electron chi connectivity index (χ1n) is 7.91. The molecule has 0 aromatic carbocycles. The van der Waals surface area contributed by atoms with Crippen molar-refractivity contribution >= 4 is 11.3 Å². The van der Waals surface area contributed by atoms with E-state index in [1.54, 1.807) is 0 Å². The van der Waals surface area contributed by atoms with Gasteiger partial charge in [-0.3, -0.25) is 9.80 Å². The van der Waals surface area contributed by atoms with Gasteiger partial charge >= 0.3 is 0 Å². The highest BCUT2D eigenvalue weighted by Crippen LogP contribution is 2.35. The van der Waals surface area contributed by atoms with Crippen LogP contribution in [-0.4, -0.2) is 48.6 Å². The van der Waals surface area contributed by atoms with Gasteiger partial charge in [0, 0.05) is 41.5 Å². The van der Waals surface area contributed by atoms with Crippen molar-refractivity contribution in [3.63, 3.8) is 0 Å². The van der Waals surface area contributed by atoms with Crippen LogP contribution in [0.4, 0.5) is 0 Å². The summed E-state index contributed by atoms with van der Waals surface area (Å²) in [5.74, 6) is 0. The van der Waals surface area contributed by atoms with Crippen LogP contribution in [0.15, 0.2) is 12.1 Å². The third-order valence-corrected chi connectivity index (χ3v) is 6.32. The highest BCUT2D eigenvalue weighted by Gasteiger charge is 2.34. The monoisotopic (exact) mass is 309 g/mol. The van der Waals surface area contributed by atoms with E-state index < -0.39 is 0 Å². The fourth-order valence-corrected chi connectivity index (χ4v) is 4.14. The maximum Gasteiger partial charge on any atom is 0.0565 e. The lowest BCUT2D eigenvalue weighted by Crippen LogP contribution is -2.58. The van der Waals surface area contributed by atoms with Crippen molar-refractivity contribution in [3.05, 3.63) is 21.9 Å². The van der Waals surface area contributed by atoms with E-state index in [4.69, 9.17) is 5.73 Å².